The van der Waals surface area contributed by atoms with Crippen molar-refractivity contribution in [3.8, 4) is 22.6 Å². The largest absolute Gasteiger partial charge is 0.493 e. The van der Waals surface area contributed by atoms with Crippen LogP contribution in [0.5, 0.6) is 11.5 Å². The Morgan fingerprint density at radius 1 is 0.865 bits per heavy atom. The van der Waals surface area contributed by atoms with Crippen molar-refractivity contribution in [3.63, 3.8) is 0 Å². The van der Waals surface area contributed by atoms with Crippen LogP contribution in [-0.4, -0.2) is 19.0 Å². The van der Waals surface area contributed by atoms with Crippen LogP contribution in [0.3, 0.4) is 0 Å². The number of benzene rings is 4. The molecule has 184 valence electrons. The first-order valence-electron chi connectivity index (χ1n) is 11.4. The van der Waals surface area contributed by atoms with Gasteiger partial charge in [-0.05, 0) is 64.7 Å². The van der Waals surface area contributed by atoms with Crippen LogP contribution in [0.1, 0.15) is 16.7 Å². The summed E-state index contributed by atoms with van der Waals surface area (Å²) in [6.07, 6.45) is 1.60. The molecule has 4 aromatic carbocycles. The van der Waals surface area contributed by atoms with Gasteiger partial charge >= 0.3 is 5.97 Å². The minimum Gasteiger partial charge on any atom is -0.493 e. The Morgan fingerprint density at radius 2 is 1.59 bits per heavy atom. The van der Waals surface area contributed by atoms with Crippen LogP contribution >= 0.6 is 23.2 Å². The molecule has 0 saturated heterocycles. The summed E-state index contributed by atoms with van der Waals surface area (Å²) in [5.41, 5.74) is 4.54. The fourth-order valence-electron chi connectivity index (χ4n) is 3.87. The van der Waals surface area contributed by atoms with E-state index in [1.54, 1.807) is 24.3 Å². The zero-order valence-electron chi connectivity index (χ0n) is 19.8. The van der Waals surface area contributed by atoms with E-state index in [4.69, 9.17) is 37.4 Å². The van der Waals surface area contributed by atoms with Gasteiger partial charge < -0.3 is 14.2 Å². The monoisotopic (exact) mass is 529 g/mol. The van der Waals surface area contributed by atoms with E-state index in [1.807, 2.05) is 72.8 Å². The summed E-state index contributed by atoms with van der Waals surface area (Å²) in [4.78, 5) is 16.9. The third kappa shape index (κ3) is 5.69. The molecule has 5 rings (SSSR count). The highest BCUT2D eigenvalue weighted by atomic mass is 35.5. The molecule has 0 amide bonds. The number of esters is 1. The first-order valence-corrected chi connectivity index (χ1v) is 12.2. The molecule has 7 heteroatoms. The van der Waals surface area contributed by atoms with Crippen molar-refractivity contribution in [2.75, 3.05) is 7.11 Å². The van der Waals surface area contributed by atoms with Crippen LogP contribution in [0.2, 0.25) is 10.0 Å². The van der Waals surface area contributed by atoms with Crippen molar-refractivity contribution in [2.45, 2.75) is 6.61 Å². The predicted molar refractivity (Wildman–Crippen MR) is 146 cm³/mol. The molecule has 0 aliphatic carbocycles. The van der Waals surface area contributed by atoms with E-state index in [-0.39, 0.29) is 18.2 Å². The normalized spacial score (nSPS) is 13.9. The number of aliphatic imine (C=N–C) groups is 1. The molecule has 5 nitrogen and oxygen atoms in total. The molecule has 0 unspecified atom stereocenters. The number of rotatable bonds is 7. The summed E-state index contributed by atoms with van der Waals surface area (Å²) in [5, 5.41) is 0.956. The molecule has 0 bridgehead atoms. The van der Waals surface area contributed by atoms with E-state index in [0.717, 1.165) is 16.7 Å². The van der Waals surface area contributed by atoms with Gasteiger partial charge in [-0.25, -0.2) is 9.79 Å². The van der Waals surface area contributed by atoms with E-state index in [9.17, 15) is 4.79 Å². The van der Waals surface area contributed by atoms with Crippen LogP contribution in [0.4, 0.5) is 0 Å². The van der Waals surface area contributed by atoms with Crippen molar-refractivity contribution in [1.29, 1.82) is 0 Å². The molecule has 0 radical (unpaired) electrons. The molecule has 1 heterocycles. The lowest BCUT2D eigenvalue weighted by atomic mass is 10.0. The maximum atomic E-state index is 12.5. The zero-order valence-corrected chi connectivity index (χ0v) is 21.3. The molecule has 0 saturated carbocycles. The van der Waals surface area contributed by atoms with Gasteiger partial charge in [-0.2, -0.15) is 0 Å². The predicted octanol–water partition coefficient (Wildman–Crippen LogP) is 7.59. The number of hydrogen-bond acceptors (Lipinski definition) is 5. The Hall–Kier alpha value is -4.06. The van der Waals surface area contributed by atoms with Crippen LogP contribution in [0.25, 0.3) is 17.2 Å². The summed E-state index contributed by atoms with van der Waals surface area (Å²) in [7, 11) is 1.52. The summed E-state index contributed by atoms with van der Waals surface area (Å²) < 4.78 is 16.8. The smallest absolute Gasteiger partial charge is 0.363 e. The Balaban J connectivity index is 1.36. The van der Waals surface area contributed by atoms with Crippen LogP contribution in [0.15, 0.2) is 102 Å². The molecule has 0 aromatic heterocycles. The highest BCUT2D eigenvalue weighted by Gasteiger charge is 2.24. The second-order valence-corrected chi connectivity index (χ2v) is 9.08. The van der Waals surface area contributed by atoms with Crippen molar-refractivity contribution in [1.82, 2.24) is 0 Å². The maximum Gasteiger partial charge on any atom is 0.363 e. The summed E-state index contributed by atoms with van der Waals surface area (Å²) in [6, 6.07) is 28.5. The molecule has 0 spiro atoms. The van der Waals surface area contributed by atoms with Gasteiger partial charge in [0, 0.05) is 10.6 Å². The highest BCUT2D eigenvalue weighted by molar-refractivity contribution is 6.32. The molecule has 1 aliphatic heterocycles. The highest BCUT2D eigenvalue weighted by Crippen LogP contribution is 2.38. The van der Waals surface area contributed by atoms with E-state index < -0.39 is 5.97 Å². The van der Waals surface area contributed by atoms with Crippen LogP contribution in [0, 0.1) is 0 Å². The summed E-state index contributed by atoms with van der Waals surface area (Å²) >= 11 is 12.6. The molecular formula is C30H21Cl2NO4. The van der Waals surface area contributed by atoms with Gasteiger partial charge in [0.2, 0.25) is 5.90 Å². The van der Waals surface area contributed by atoms with E-state index >= 15 is 0 Å². The zero-order chi connectivity index (χ0) is 25.8. The van der Waals surface area contributed by atoms with Crippen molar-refractivity contribution < 1.29 is 19.0 Å². The number of halogens is 2. The third-order valence-corrected chi connectivity index (χ3v) is 6.20. The lowest BCUT2D eigenvalue weighted by molar-refractivity contribution is -0.129. The van der Waals surface area contributed by atoms with Gasteiger partial charge in [0.15, 0.2) is 17.2 Å². The maximum absolute atomic E-state index is 12.5. The van der Waals surface area contributed by atoms with Gasteiger partial charge in [0.1, 0.15) is 6.61 Å². The first kappa shape index (κ1) is 24.6. The SMILES string of the molecule is COc1cc(/C=C2\N=C(c3ccc(-c4ccccc4)cc3)OC2=O)cc(Cl)c1OCc1cccc(Cl)c1. The molecular weight excluding hydrogens is 509 g/mol. The average molecular weight is 530 g/mol. The topological polar surface area (TPSA) is 57.1 Å². The van der Waals surface area contributed by atoms with Gasteiger partial charge in [-0.1, -0.05) is 77.8 Å². The van der Waals surface area contributed by atoms with Gasteiger partial charge in [-0.15, -0.1) is 0 Å². The molecule has 1 aliphatic rings. The molecule has 0 atom stereocenters. The van der Waals surface area contributed by atoms with Crippen LogP contribution < -0.4 is 9.47 Å². The van der Waals surface area contributed by atoms with E-state index in [1.165, 1.54) is 7.11 Å². The molecule has 0 fully saturated rings. The summed E-state index contributed by atoms with van der Waals surface area (Å²) in [6.45, 7) is 0.264. The van der Waals surface area contributed by atoms with Gasteiger partial charge in [0.25, 0.3) is 0 Å². The molecule has 37 heavy (non-hydrogen) atoms. The number of hydrogen-bond donors (Lipinski definition) is 0. The van der Waals surface area contributed by atoms with Crippen LogP contribution in [-0.2, 0) is 16.1 Å². The molecule has 0 N–H and O–H groups in total. The average Bonchev–Trinajstić information content (AvgIpc) is 3.28. The van der Waals surface area contributed by atoms with Gasteiger partial charge in [0.05, 0.1) is 12.1 Å². The fourth-order valence-corrected chi connectivity index (χ4v) is 4.36. The lowest BCUT2D eigenvalue weighted by Crippen LogP contribution is -2.05. The van der Waals surface area contributed by atoms with Crippen molar-refractivity contribution >= 4 is 41.1 Å². The number of carbonyl (C=O) groups is 1. The van der Waals surface area contributed by atoms with Crippen molar-refractivity contribution in [2.24, 2.45) is 4.99 Å². The Kier molecular flexibility index (Phi) is 7.26. The Morgan fingerprint density at radius 3 is 2.32 bits per heavy atom. The minimum atomic E-state index is -0.543. The Bertz CT molecular complexity index is 1510. The lowest BCUT2D eigenvalue weighted by Gasteiger charge is -2.13. The second-order valence-electron chi connectivity index (χ2n) is 8.23. The number of cyclic esters (lactones) is 1. The summed E-state index contributed by atoms with van der Waals surface area (Å²) in [5.74, 6) is 0.519. The molecule has 4 aromatic rings. The van der Waals surface area contributed by atoms with Crippen molar-refractivity contribution in [3.05, 3.63) is 123 Å². The third-order valence-electron chi connectivity index (χ3n) is 5.69. The minimum absolute atomic E-state index is 0.160. The van der Waals surface area contributed by atoms with Gasteiger partial charge in [-0.3, -0.25) is 0 Å². The number of ether oxygens (including phenoxy) is 3. The quantitative estimate of drug-likeness (QED) is 0.183. The number of carbonyl (C=O) groups excluding carboxylic acids is 1. The number of methoxy groups -OCH3 is 1. The fraction of sp³-hybridized carbons (Fsp3) is 0.0667. The standard InChI is InChI=1S/C30H21Cl2NO4/c1-35-27-17-20(15-25(32)28(27)36-18-19-6-5-9-24(31)14-19)16-26-30(34)37-29(33-26)23-12-10-22(11-13-23)21-7-3-2-4-8-21/h2-17H,18H2,1H3/b26-16-. The first-order chi connectivity index (χ1) is 18.0. The Labute approximate surface area is 224 Å². The second kappa shape index (κ2) is 10.9. The van der Waals surface area contributed by atoms with E-state index in [0.29, 0.717) is 32.7 Å². The van der Waals surface area contributed by atoms with E-state index in [2.05, 4.69) is 4.99 Å². The number of nitrogens with zero attached hydrogens (tertiary/aromatic N) is 1.